The highest BCUT2D eigenvalue weighted by Gasteiger charge is 2.20. The van der Waals surface area contributed by atoms with Crippen LogP contribution < -0.4 is 14.2 Å². The number of methoxy groups -OCH3 is 2. The molecule has 130 valence electrons. The molecule has 0 bridgehead atoms. The molecule has 0 saturated carbocycles. The number of carbonyl (C=O) groups excluding carboxylic acids is 2. The second-order valence-corrected chi connectivity index (χ2v) is 5.14. The van der Waals surface area contributed by atoms with Gasteiger partial charge in [0.05, 0.1) is 14.2 Å². The van der Waals surface area contributed by atoms with Gasteiger partial charge in [0, 0.05) is 18.6 Å². The lowest BCUT2D eigenvalue weighted by Gasteiger charge is -2.13. The molecular formula is C20H20O5. The molecule has 0 radical (unpaired) electrons. The first-order chi connectivity index (χ1) is 12.1. The molecule has 2 rings (SSSR count). The predicted molar refractivity (Wildman–Crippen MR) is 95.3 cm³/mol. The molecule has 5 nitrogen and oxygen atoms in total. The van der Waals surface area contributed by atoms with Crippen LogP contribution in [-0.4, -0.2) is 26.0 Å². The summed E-state index contributed by atoms with van der Waals surface area (Å²) in [6.07, 6.45) is 3.30. The Kier molecular flexibility index (Phi) is 6.34. The minimum absolute atomic E-state index is 0.116. The molecule has 0 amide bonds. The van der Waals surface area contributed by atoms with Gasteiger partial charge >= 0.3 is 5.97 Å². The van der Waals surface area contributed by atoms with Crippen LogP contribution in [-0.2, 0) is 4.79 Å². The monoisotopic (exact) mass is 340 g/mol. The van der Waals surface area contributed by atoms with Crippen LogP contribution in [0.25, 0.3) is 6.08 Å². The zero-order chi connectivity index (χ0) is 18.2. The summed E-state index contributed by atoms with van der Waals surface area (Å²) in [5, 5.41) is 0. The molecule has 0 atom stereocenters. The minimum atomic E-state index is -0.448. The van der Waals surface area contributed by atoms with Crippen LogP contribution >= 0.6 is 0 Å². The Morgan fingerprint density at radius 2 is 1.68 bits per heavy atom. The Labute approximate surface area is 146 Å². The molecule has 0 aromatic heterocycles. The van der Waals surface area contributed by atoms with Crippen molar-refractivity contribution >= 4 is 17.8 Å². The fourth-order valence-corrected chi connectivity index (χ4v) is 2.18. The van der Waals surface area contributed by atoms with Crippen LogP contribution in [0.1, 0.15) is 29.3 Å². The van der Waals surface area contributed by atoms with Crippen LogP contribution in [0.5, 0.6) is 17.2 Å². The maximum absolute atomic E-state index is 12.7. The molecule has 25 heavy (non-hydrogen) atoms. The highest BCUT2D eigenvalue weighted by molar-refractivity contribution is 6.11. The average Bonchev–Trinajstić information content (AvgIpc) is 2.65. The summed E-state index contributed by atoms with van der Waals surface area (Å²) in [6, 6.07) is 12.5. The molecule has 0 aliphatic heterocycles. The summed E-state index contributed by atoms with van der Waals surface area (Å²) in [4.78, 5) is 24.4. The number of carbonyl (C=O) groups is 2. The normalized spacial score (nSPS) is 10.5. The Morgan fingerprint density at radius 3 is 2.28 bits per heavy atom. The van der Waals surface area contributed by atoms with Gasteiger partial charge in [0.1, 0.15) is 22.8 Å². The molecule has 0 unspecified atom stereocenters. The Balaban J connectivity index is 2.44. The van der Waals surface area contributed by atoms with Crippen LogP contribution in [0.15, 0.2) is 48.5 Å². The molecule has 2 aromatic carbocycles. The lowest BCUT2D eigenvalue weighted by atomic mass is 10.1. The maximum atomic E-state index is 12.7. The topological polar surface area (TPSA) is 61.8 Å². The summed E-state index contributed by atoms with van der Waals surface area (Å²) >= 11 is 0. The van der Waals surface area contributed by atoms with Crippen molar-refractivity contribution < 1.29 is 23.8 Å². The van der Waals surface area contributed by atoms with E-state index < -0.39 is 5.97 Å². The van der Waals surface area contributed by atoms with Crippen LogP contribution in [0.4, 0.5) is 0 Å². The number of ketones is 1. The van der Waals surface area contributed by atoms with E-state index >= 15 is 0 Å². The van der Waals surface area contributed by atoms with E-state index in [0.29, 0.717) is 5.75 Å². The molecule has 0 N–H and O–H groups in total. The van der Waals surface area contributed by atoms with E-state index in [2.05, 4.69) is 0 Å². The van der Waals surface area contributed by atoms with E-state index in [9.17, 15) is 9.59 Å². The van der Waals surface area contributed by atoms with E-state index in [1.165, 1.54) is 26.4 Å². The van der Waals surface area contributed by atoms with Gasteiger partial charge < -0.3 is 14.2 Å². The summed E-state index contributed by atoms with van der Waals surface area (Å²) in [5.41, 5.74) is 1.06. The Hall–Kier alpha value is -3.08. The van der Waals surface area contributed by atoms with Crippen molar-refractivity contribution in [2.75, 3.05) is 14.2 Å². The molecular weight excluding hydrogens is 320 g/mol. The molecule has 0 heterocycles. The van der Waals surface area contributed by atoms with Gasteiger partial charge in [-0.05, 0) is 11.6 Å². The highest BCUT2D eigenvalue weighted by Crippen LogP contribution is 2.35. The van der Waals surface area contributed by atoms with E-state index in [4.69, 9.17) is 14.2 Å². The van der Waals surface area contributed by atoms with Gasteiger partial charge in [-0.3, -0.25) is 9.59 Å². The number of hydrogen-bond donors (Lipinski definition) is 0. The van der Waals surface area contributed by atoms with Crippen molar-refractivity contribution in [3.05, 3.63) is 59.7 Å². The fourth-order valence-electron chi connectivity index (χ4n) is 2.18. The molecule has 0 saturated heterocycles. The van der Waals surface area contributed by atoms with Gasteiger partial charge in [-0.2, -0.15) is 0 Å². The lowest BCUT2D eigenvalue weighted by molar-refractivity contribution is -0.134. The van der Waals surface area contributed by atoms with Gasteiger partial charge in [0.25, 0.3) is 0 Å². The van der Waals surface area contributed by atoms with Crippen molar-refractivity contribution in [3.63, 3.8) is 0 Å². The first kappa shape index (κ1) is 18.3. The van der Waals surface area contributed by atoms with Gasteiger partial charge in [-0.25, -0.2) is 0 Å². The van der Waals surface area contributed by atoms with Gasteiger partial charge in [-0.15, -0.1) is 0 Å². The number of benzene rings is 2. The second-order valence-electron chi connectivity index (χ2n) is 5.14. The summed E-state index contributed by atoms with van der Waals surface area (Å²) < 4.78 is 15.8. The zero-order valence-electron chi connectivity index (χ0n) is 14.4. The Morgan fingerprint density at radius 1 is 1.00 bits per heavy atom. The first-order valence-electron chi connectivity index (χ1n) is 7.83. The minimum Gasteiger partial charge on any atom is -0.496 e. The van der Waals surface area contributed by atoms with Gasteiger partial charge in [0.2, 0.25) is 0 Å². The number of esters is 1. The summed E-state index contributed by atoms with van der Waals surface area (Å²) in [5.74, 6) is 0.0460. The number of ether oxygens (including phenoxy) is 3. The SMILES string of the molecule is CCC(=O)Oc1cc(OC)cc(OC)c1C(=O)/C=C/c1ccccc1. The quantitative estimate of drug-likeness (QED) is 0.331. The molecule has 0 fully saturated rings. The smallest absolute Gasteiger partial charge is 0.310 e. The predicted octanol–water partition coefficient (Wildman–Crippen LogP) is 3.92. The number of rotatable bonds is 7. The van der Waals surface area contributed by atoms with E-state index in [0.717, 1.165) is 5.56 Å². The van der Waals surface area contributed by atoms with Crippen LogP contribution in [0.2, 0.25) is 0 Å². The van der Waals surface area contributed by atoms with Crippen LogP contribution in [0, 0.1) is 0 Å². The third-order valence-corrected chi connectivity index (χ3v) is 3.48. The van der Waals surface area contributed by atoms with Crippen LogP contribution in [0.3, 0.4) is 0 Å². The summed E-state index contributed by atoms with van der Waals surface area (Å²) in [6.45, 7) is 1.68. The maximum Gasteiger partial charge on any atom is 0.310 e. The average molecular weight is 340 g/mol. The first-order valence-corrected chi connectivity index (χ1v) is 7.83. The molecule has 0 aliphatic rings. The third-order valence-electron chi connectivity index (χ3n) is 3.48. The third kappa shape index (κ3) is 4.70. The summed E-state index contributed by atoms with van der Waals surface area (Å²) in [7, 11) is 2.93. The van der Waals surface area contributed by atoms with E-state index in [-0.39, 0.29) is 29.3 Å². The number of allylic oxidation sites excluding steroid dienone is 1. The van der Waals surface area contributed by atoms with Gasteiger partial charge in [0.15, 0.2) is 5.78 Å². The second kappa shape index (κ2) is 8.68. The highest BCUT2D eigenvalue weighted by atomic mass is 16.5. The standard InChI is InChI=1S/C20H20O5/c1-4-19(22)25-18-13-15(23-2)12-17(24-3)20(18)16(21)11-10-14-8-6-5-7-9-14/h5-13H,4H2,1-3H3/b11-10+. The number of hydrogen-bond acceptors (Lipinski definition) is 5. The largest absolute Gasteiger partial charge is 0.496 e. The van der Waals surface area contributed by atoms with E-state index in [1.54, 1.807) is 19.1 Å². The van der Waals surface area contributed by atoms with E-state index in [1.807, 2.05) is 30.3 Å². The molecule has 5 heteroatoms. The Bertz CT molecular complexity index is 778. The van der Waals surface area contributed by atoms with Crippen molar-refractivity contribution in [1.82, 2.24) is 0 Å². The van der Waals surface area contributed by atoms with Crippen molar-refractivity contribution in [1.29, 1.82) is 0 Å². The molecule has 0 spiro atoms. The fraction of sp³-hybridized carbons (Fsp3) is 0.200. The van der Waals surface area contributed by atoms with Gasteiger partial charge in [-0.1, -0.05) is 43.3 Å². The van der Waals surface area contributed by atoms with Crippen molar-refractivity contribution in [2.24, 2.45) is 0 Å². The lowest BCUT2D eigenvalue weighted by Crippen LogP contribution is -2.10. The van der Waals surface area contributed by atoms with Crippen molar-refractivity contribution in [3.8, 4) is 17.2 Å². The molecule has 2 aromatic rings. The zero-order valence-corrected chi connectivity index (χ0v) is 14.4. The van der Waals surface area contributed by atoms with Crippen molar-refractivity contribution in [2.45, 2.75) is 13.3 Å². The molecule has 0 aliphatic carbocycles.